The summed E-state index contributed by atoms with van der Waals surface area (Å²) in [4.78, 5) is 25.0. The summed E-state index contributed by atoms with van der Waals surface area (Å²) in [5, 5.41) is 8.18. The Morgan fingerprint density at radius 2 is 1.68 bits per heavy atom. The number of urea groups is 1. The fourth-order valence-electron chi connectivity index (χ4n) is 3.56. The van der Waals surface area contributed by atoms with Gasteiger partial charge in [0.25, 0.3) is 5.91 Å². The lowest BCUT2D eigenvalue weighted by Crippen LogP contribution is -2.35. The first kappa shape index (κ1) is 23.6. The number of fused-ring (bicyclic) bond motifs is 1. The SMILES string of the molecule is O=C(Nc1cccc(NC(=O)c2cccc(C(F)(F)F)c2)c1)N[C@H]1CCOc2ccc(Br)cc21. The zero-order valence-electron chi connectivity index (χ0n) is 17.6. The Morgan fingerprint density at radius 1 is 0.941 bits per heavy atom. The van der Waals surface area contributed by atoms with Gasteiger partial charge in [-0.05, 0) is 54.6 Å². The summed E-state index contributed by atoms with van der Waals surface area (Å²) in [6.07, 6.45) is -3.95. The van der Waals surface area contributed by atoms with Crippen LogP contribution in [0.5, 0.6) is 5.75 Å². The van der Waals surface area contributed by atoms with Crippen molar-refractivity contribution < 1.29 is 27.5 Å². The standard InChI is InChI=1S/C24H19BrF3N3O3/c25-16-7-8-21-19(12-16)20(9-10-34-21)31-23(33)30-18-6-2-5-17(13-18)29-22(32)14-3-1-4-15(11-14)24(26,27)28/h1-8,11-13,20H,9-10H2,(H,29,32)(H2,30,31,33)/t20-/m0/s1. The van der Waals surface area contributed by atoms with Gasteiger partial charge in [0.05, 0.1) is 18.2 Å². The van der Waals surface area contributed by atoms with Crippen LogP contribution in [0.3, 0.4) is 0 Å². The summed E-state index contributed by atoms with van der Waals surface area (Å²) < 4.78 is 45.2. The van der Waals surface area contributed by atoms with Crippen molar-refractivity contribution in [2.24, 2.45) is 0 Å². The molecule has 0 unspecified atom stereocenters. The van der Waals surface area contributed by atoms with E-state index in [2.05, 4.69) is 31.9 Å². The molecule has 6 nitrogen and oxygen atoms in total. The van der Waals surface area contributed by atoms with Gasteiger partial charge in [0.2, 0.25) is 0 Å². The normalized spacial score (nSPS) is 15.0. The molecular weight excluding hydrogens is 515 g/mol. The molecule has 0 saturated carbocycles. The predicted octanol–water partition coefficient (Wildman–Crippen LogP) is 6.37. The van der Waals surface area contributed by atoms with Gasteiger partial charge in [-0.2, -0.15) is 13.2 Å². The second kappa shape index (κ2) is 9.76. The number of anilines is 2. The topological polar surface area (TPSA) is 79.5 Å². The van der Waals surface area contributed by atoms with E-state index in [9.17, 15) is 22.8 Å². The van der Waals surface area contributed by atoms with Crippen LogP contribution in [0.1, 0.15) is 33.9 Å². The van der Waals surface area contributed by atoms with Crippen LogP contribution in [-0.4, -0.2) is 18.5 Å². The number of alkyl halides is 3. The molecule has 3 aromatic carbocycles. The largest absolute Gasteiger partial charge is 0.493 e. The number of ether oxygens (including phenoxy) is 1. The van der Waals surface area contributed by atoms with E-state index in [1.807, 2.05) is 18.2 Å². The summed E-state index contributed by atoms with van der Waals surface area (Å²) >= 11 is 3.42. The second-order valence-corrected chi connectivity index (χ2v) is 8.50. The molecule has 0 fully saturated rings. The van der Waals surface area contributed by atoms with Crippen LogP contribution >= 0.6 is 15.9 Å². The number of amides is 3. The molecular formula is C24H19BrF3N3O3. The highest BCUT2D eigenvalue weighted by Crippen LogP contribution is 2.34. The van der Waals surface area contributed by atoms with Crippen molar-refractivity contribution in [2.45, 2.75) is 18.6 Å². The molecule has 1 aliphatic heterocycles. The van der Waals surface area contributed by atoms with Crippen LogP contribution in [0.2, 0.25) is 0 Å². The Balaban J connectivity index is 1.41. The molecule has 1 heterocycles. The Bertz CT molecular complexity index is 1230. The van der Waals surface area contributed by atoms with Crippen LogP contribution in [0.15, 0.2) is 71.2 Å². The van der Waals surface area contributed by atoms with Crippen LogP contribution in [-0.2, 0) is 6.18 Å². The first-order valence-electron chi connectivity index (χ1n) is 10.3. The van der Waals surface area contributed by atoms with Gasteiger partial charge in [0.15, 0.2) is 0 Å². The number of carbonyl (C=O) groups is 2. The summed E-state index contributed by atoms with van der Waals surface area (Å²) in [6, 6.07) is 15.4. The summed E-state index contributed by atoms with van der Waals surface area (Å²) in [5.74, 6) is 0.0103. The van der Waals surface area contributed by atoms with Gasteiger partial charge in [0, 0.05) is 33.4 Å². The third-order valence-corrected chi connectivity index (χ3v) is 5.64. The quantitative estimate of drug-likeness (QED) is 0.364. The van der Waals surface area contributed by atoms with Gasteiger partial charge in [0.1, 0.15) is 5.75 Å². The smallest absolute Gasteiger partial charge is 0.416 e. The molecule has 176 valence electrons. The number of rotatable bonds is 4. The molecule has 3 amide bonds. The van der Waals surface area contributed by atoms with Crippen LogP contribution in [0.25, 0.3) is 0 Å². The maximum atomic E-state index is 12.9. The molecule has 0 spiro atoms. The van der Waals surface area contributed by atoms with Crippen molar-refractivity contribution in [3.63, 3.8) is 0 Å². The third-order valence-electron chi connectivity index (χ3n) is 5.15. The first-order valence-corrected chi connectivity index (χ1v) is 11.1. The highest BCUT2D eigenvalue weighted by atomic mass is 79.9. The molecule has 0 bridgehead atoms. The molecule has 34 heavy (non-hydrogen) atoms. The van der Waals surface area contributed by atoms with Crippen molar-refractivity contribution in [1.82, 2.24) is 5.32 Å². The van der Waals surface area contributed by atoms with Crippen molar-refractivity contribution in [1.29, 1.82) is 0 Å². The van der Waals surface area contributed by atoms with Crippen molar-refractivity contribution in [3.8, 4) is 5.75 Å². The average Bonchev–Trinajstić information content (AvgIpc) is 2.79. The van der Waals surface area contributed by atoms with E-state index in [1.54, 1.807) is 18.2 Å². The van der Waals surface area contributed by atoms with Crippen molar-refractivity contribution in [3.05, 3.63) is 87.9 Å². The van der Waals surface area contributed by atoms with E-state index in [1.165, 1.54) is 18.2 Å². The third kappa shape index (κ3) is 5.69. The zero-order chi connectivity index (χ0) is 24.3. The molecule has 0 radical (unpaired) electrons. The van der Waals surface area contributed by atoms with E-state index in [0.29, 0.717) is 30.2 Å². The molecule has 1 atom stereocenters. The minimum Gasteiger partial charge on any atom is -0.493 e. The first-order chi connectivity index (χ1) is 16.2. The molecule has 0 aliphatic carbocycles. The number of carbonyl (C=O) groups excluding carboxylic acids is 2. The van der Waals surface area contributed by atoms with E-state index in [-0.39, 0.29) is 11.6 Å². The van der Waals surface area contributed by atoms with E-state index < -0.39 is 23.7 Å². The Kier molecular flexibility index (Phi) is 6.78. The van der Waals surface area contributed by atoms with Gasteiger partial charge in [-0.3, -0.25) is 4.79 Å². The van der Waals surface area contributed by atoms with Crippen LogP contribution < -0.4 is 20.7 Å². The van der Waals surface area contributed by atoms with Crippen LogP contribution in [0.4, 0.5) is 29.3 Å². The monoisotopic (exact) mass is 533 g/mol. The van der Waals surface area contributed by atoms with E-state index in [0.717, 1.165) is 22.2 Å². The molecule has 10 heteroatoms. The second-order valence-electron chi connectivity index (χ2n) is 7.58. The molecule has 1 aliphatic rings. The molecule has 3 N–H and O–H groups in total. The average molecular weight is 534 g/mol. The lowest BCUT2D eigenvalue weighted by atomic mass is 10.0. The van der Waals surface area contributed by atoms with Gasteiger partial charge in [-0.25, -0.2) is 4.79 Å². The fourth-order valence-corrected chi connectivity index (χ4v) is 3.93. The number of hydrogen-bond acceptors (Lipinski definition) is 3. The summed E-state index contributed by atoms with van der Waals surface area (Å²) in [7, 11) is 0. The van der Waals surface area contributed by atoms with Gasteiger partial charge in [-0.15, -0.1) is 0 Å². The fraction of sp³-hybridized carbons (Fsp3) is 0.167. The van der Waals surface area contributed by atoms with Crippen LogP contribution in [0, 0.1) is 0 Å². The highest BCUT2D eigenvalue weighted by molar-refractivity contribution is 9.10. The maximum absolute atomic E-state index is 12.9. The number of benzene rings is 3. The molecule has 0 aromatic heterocycles. The Labute approximate surface area is 201 Å². The lowest BCUT2D eigenvalue weighted by molar-refractivity contribution is -0.137. The Hall–Kier alpha value is -3.53. The van der Waals surface area contributed by atoms with Crippen molar-refractivity contribution in [2.75, 3.05) is 17.2 Å². The summed E-state index contributed by atoms with van der Waals surface area (Å²) in [5.41, 5.74) is 0.545. The predicted molar refractivity (Wildman–Crippen MR) is 125 cm³/mol. The summed E-state index contributed by atoms with van der Waals surface area (Å²) in [6.45, 7) is 0.469. The minimum absolute atomic E-state index is 0.129. The highest BCUT2D eigenvalue weighted by Gasteiger charge is 2.31. The molecule has 0 saturated heterocycles. The number of halogens is 4. The molecule has 3 aromatic rings. The molecule has 4 rings (SSSR count). The van der Waals surface area contributed by atoms with Gasteiger partial charge >= 0.3 is 12.2 Å². The number of nitrogens with one attached hydrogen (secondary N) is 3. The zero-order valence-corrected chi connectivity index (χ0v) is 19.2. The van der Waals surface area contributed by atoms with Gasteiger partial charge < -0.3 is 20.7 Å². The van der Waals surface area contributed by atoms with Crippen molar-refractivity contribution >= 4 is 39.2 Å². The maximum Gasteiger partial charge on any atom is 0.416 e. The van der Waals surface area contributed by atoms with E-state index in [4.69, 9.17) is 4.74 Å². The lowest BCUT2D eigenvalue weighted by Gasteiger charge is -2.27. The Morgan fingerprint density at radius 3 is 2.44 bits per heavy atom. The minimum atomic E-state index is -4.55. The number of hydrogen-bond donors (Lipinski definition) is 3. The van der Waals surface area contributed by atoms with Gasteiger partial charge in [-0.1, -0.05) is 28.1 Å². The van der Waals surface area contributed by atoms with E-state index >= 15 is 0 Å².